The Morgan fingerprint density at radius 3 is 2.37 bits per heavy atom. The van der Waals surface area contributed by atoms with Crippen LogP contribution in [0.2, 0.25) is 0 Å². The summed E-state index contributed by atoms with van der Waals surface area (Å²) in [6, 6.07) is 0. The van der Waals surface area contributed by atoms with Gasteiger partial charge in [-0.3, -0.25) is 4.79 Å². The predicted octanol–water partition coefficient (Wildman–Crippen LogP) is 4.89. The molecule has 4 aliphatic carbocycles. The second kappa shape index (κ2) is 9.63. The van der Waals surface area contributed by atoms with Gasteiger partial charge < -0.3 is 19.7 Å². The number of fused-ring (bicyclic) bond motifs is 5. The predicted molar refractivity (Wildman–Crippen MR) is 133 cm³/mol. The molecule has 10 atom stereocenters. The third kappa shape index (κ3) is 5.03. The molecule has 0 saturated heterocycles. The molecule has 10 unspecified atom stereocenters. The summed E-state index contributed by atoms with van der Waals surface area (Å²) < 4.78 is 10.5. The summed E-state index contributed by atoms with van der Waals surface area (Å²) in [5.41, 5.74) is -0.574. The van der Waals surface area contributed by atoms with Crippen molar-refractivity contribution in [2.24, 2.45) is 46.3 Å². The van der Waals surface area contributed by atoms with Crippen LogP contribution in [-0.2, 0) is 19.1 Å². The van der Waals surface area contributed by atoms with E-state index in [1.165, 1.54) is 12.8 Å². The Bertz CT molecular complexity index is 803. The second-order valence-electron chi connectivity index (χ2n) is 13.8. The molecule has 4 saturated carbocycles. The number of carbonyl (C=O) groups is 2. The number of aliphatic hydroxyl groups is 2. The average molecular weight is 493 g/mol. The SMILES string of the molecule is CC(CC(=O)OCC(=O)OC(C)(C)C)C1CCC2C3CCC4CC(O)CCC4(C)C3CC(O)C12C. The number of esters is 2. The number of ether oxygens (including phenoxy) is 2. The zero-order valence-electron chi connectivity index (χ0n) is 22.7. The van der Waals surface area contributed by atoms with Crippen LogP contribution < -0.4 is 0 Å². The summed E-state index contributed by atoms with van der Waals surface area (Å²) in [7, 11) is 0. The number of aliphatic hydroxyl groups excluding tert-OH is 2. The minimum atomic E-state index is -0.604. The van der Waals surface area contributed by atoms with Crippen LogP contribution in [0.3, 0.4) is 0 Å². The third-order valence-electron chi connectivity index (χ3n) is 10.8. The molecule has 0 spiro atoms. The van der Waals surface area contributed by atoms with E-state index in [2.05, 4.69) is 20.8 Å². The number of carbonyl (C=O) groups excluding carboxylic acids is 2. The molecule has 200 valence electrons. The fourth-order valence-corrected chi connectivity index (χ4v) is 9.13. The molecule has 0 aromatic rings. The van der Waals surface area contributed by atoms with Crippen LogP contribution in [0.4, 0.5) is 0 Å². The maximum Gasteiger partial charge on any atom is 0.344 e. The lowest BCUT2D eigenvalue weighted by atomic mass is 9.43. The first-order chi connectivity index (χ1) is 16.3. The largest absolute Gasteiger partial charge is 0.457 e. The van der Waals surface area contributed by atoms with Crippen molar-refractivity contribution in [3.63, 3.8) is 0 Å². The van der Waals surface area contributed by atoms with Gasteiger partial charge in [0.2, 0.25) is 0 Å². The second-order valence-corrected chi connectivity index (χ2v) is 13.8. The van der Waals surface area contributed by atoms with Gasteiger partial charge in [0.05, 0.1) is 12.2 Å². The normalized spacial score (nSPS) is 43.9. The molecule has 4 fully saturated rings. The van der Waals surface area contributed by atoms with Crippen molar-refractivity contribution in [2.45, 2.75) is 117 Å². The molecular formula is C29H48O6. The molecule has 0 radical (unpaired) electrons. The fourth-order valence-electron chi connectivity index (χ4n) is 9.13. The molecule has 0 aromatic carbocycles. The third-order valence-corrected chi connectivity index (χ3v) is 10.8. The highest BCUT2D eigenvalue weighted by molar-refractivity contribution is 5.76. The molecule has 4 aliphatic rings. The van der Waals surface area contributed by atoms with Gasteiger partial charge in [-0.05, 0) is 118 Å². The Morgan fingerprint density at radius 1 is 0.971 bits per heavy atom. The highest BCUT2D eigenvalue weighted by Crippen LogP contribution is 2.68. The van der Waals surface area contributed by atoms with E-state index >= 15 is 0 Å². The number of hydrogen-bond donors (Lipinski definition) is 2. The van der Waals surface area contributed by atoms with Crippen molar-refractivity contribution in [1.29, 1.82) is 0 Å². The first-order valence-corrected chi connectivity index (χ1v) is 14.0. The average Bonchev–Trinajstić information content (AvgIpc) is 3.11. The van der Waals surface area contributed by atoms with Crippen LogP contribution in [0.5, 0.6) is 0 Å². The van der Waals surface area contributed by atoms with Gasteiger partial charge in [-0.1, -0.05) is 20.8 Å². The number of rotatable bonds is 5. The van der Waals surface area contributed by atoms with Gasteiger partial charge in [0, 0.05) is 6.42 Å². The fraction of sp³-hybridized carbons (Fsp3) is 0.931. The minimum Gasteiger partial charge on any atom is -0.457 e. The Morgan fingerprint density at radius 2 is 1.69 bits per heavy atom. The lowest BCUT2D eigenvalue weighted by molar-refractivity contribution is -0.176. The Labute approximate surface area is 211 Å². The van der Waals surface area contributed by atoms with Crippen molar-refractivity contribution >= 4 is 11.9 Å². The van der Waals surface area contributed by atoms with Gasteiger partial charge in [0.15, 0.2) is 6.61 Å². The lowest BCUT2D eigenvalue weighted by Gasteiger charge is -2.62. The van der Waals surface area contributed by atoms with Crippen molar-refractivity contribution in [2.75, 3.05) is 6.61 Å². The molecule has 0 aliphatic heterocycles. The zero-order valence-corrected chi connectivity index (χ0v) is 22.7. The summed E-state index contributed by atoms with van der Waals surface area (Å²) in [5.74, 6) is 1.64. The van der Waals surface area contributed by atoms with Crippen LogP contribution in [0.25, 0.3) is 0 Å². The van der Waals surface area contributed by atoms with E-state index in [0.717, 1.165) is 38.5 Å². The summed E-state index contributed by atoms with van der Waals surface area (Å²) in [4.78, 5) is 24.5. The molecule has 0 bridgehead atoms. The monoisotopic (exact) mass is 492 g/mol. The van der Waals surface area contributed by atoms with E-state index in [4.69, 9.17) is 9.47 Å². The van der Waals surface area contributed by atoms with Gasteiger partial charge in [-0.15, -0.1) is 0 Å². The lowest BCUT2D eigenvalue weighted by Crippen LogP contribution is -2.58. The van der Waals surface area contributed by atoms with Crippen LogP contribution >= 0.6 is 0 Å². The number of hydrogen-bond acceptors (Lipinski definition) is 6. The molecular weight excluding hydrogens is 444 g/mol. The van der Waals surface area contributed by atoms with Gasteiger partial charge in [0.25, 0.3) is 0 Å². The standard InChI is InChI=1S/C29H48O6/c1-17(13-25(32)34-16-26(33)35-27(2,3)4)21-9-10-22-20-8-7-18-14-19(30)11-12-28(18,5)23(20)15-24(31)29(21,22)6/h17-24,30-31H,7-16H2,1-6H3. The molecule has 0 amide bonds. The van der Waals surface area contributed by atoms with Crippen LogP contribution in [0.1, 0.15) is 99.3 Å². The highest BCUT2D eigenvalue weighted by Gasteiger charge is 2.63. The van der Waals surface area contributed by atoms with E-state index in [1.54, 1.807) is 20.8 Å². The molecule has 35 heavy (non-hydrogen) atoms. The molecule has 4 rings (SSSR count). The van der Waals surface area contributed by atoms with E-state index in [1.807, 2.05) is 0 Å². The Kier molecular flexibility index (Phi) is 7.40. The molecule has 2 N–H and O–H groups in total. The van der Waals surface area contributed by atoms with Crippen LogP contribution in [0.15, 0.2) is 0 Å². The van der Waals surface area contributed by atoms with Crippen molar-refractivity contribution in [3.8, 4) is 0 Å². The Hall–Kier alpha value is -1.14. The minimum absolute atomic E-state index is 0.0825. The van der Waals surface area contributed by atoms with Gasteiger partial charge in [0.1, 0.15) is 5.60 Å². The smallest absolute Gasteiger partial charge is 0.344 e. The zero-order chi connectivity index (χ0) is 25.8. The molecule has 0 heterocycles. The summed E-state index contributed by atoms with van der Waals surface area (Å²) in [6.07, 6.45) is 7.97. The van der Waals surface area contributed by atoms with Gasteiger partial charge in [-0.2, -0.15) is 0 Å². The Balaban J connectivity index is 1.40. The van der Waals surface area contributed by atoms with E-state index in [-0.39, 0.29) is 53.9 Å². The van der Waals surface area contributed by atoms with Crippen LogP contribution in [0, 0.1) is 46.3 Å². The van der Waals surface area contributed by atoms with Crippen molar-refractivity contribution in [3.05, 3.63) is 0 Å². The summed E-state index contributed by atoms with van der Waals surface area (Å²) >= 11 is 0. The van der Waals surface area contributed by atoms with Crippen molar-refractivity contribution < 1.29 is 29.3 Å². The van der Waals surface area contributed by atoms with E-state index in [9.17, 15) is 19.8 Å². The highest BCUT2D eigenvalue weighted by atomic mass is 16.6. The van der Waals surface area contributed by atoms with Crippen LogP contribution in [-0.4, -0.2) is 46.6 Å². The summed E-state index contributed by atoms with van der Waals surface area (Å²) in [5, 5.41) is 21.9. The first-order valence-electron chi connectivity index (χ1n) is 14.0. The maximum atomic E-state index is 12.6. The molecule has 6 heteroatoms. The maximum absolute atomic E-state index is 12.6. The quantitative estimate of drug-likeness (QED) is 0.531. The van der Waals surface area contributed by atoms with Gasteiger partial charge >= 0.3 is 11.9 Å². The molecule has 0 aromatic heterocycles. The molecule has 6 nitrogen and oxygen atoms in total. The first kappa shape index (κ1) is 26.9. The summed E-state index contributed by atoms with van der Waals surface area (Å²) in [6.45, 7) is 11.8. The van der Waals surface area contributed by atoms with Crippen molar-refractivity contribution in [1.82, 2.24) is 0 Å². The topological polar surface area (TPSA) is 93.1 Å². The van der Waals surface area contributed by atoms with Gasteiger partial charge in [-0.25, -0.2) is 4.79 Å². The van der Waals surface area contributed by atoms with E-state index in [0.29, 0.717) is 23.7 Å². The van der Waals surface area contributed by atoms with E-state index < -0.39 is 11.6 Å².